The summed E-state index contributed by atoms with van der Waals surface area (Å²) in [5.41, 5.74) is 11.3. The van der Waals surface area contributed by atoms with Gasteiger partial charge in [-0.1, -0.05) is 18.2 Å². The fourth-order valence-corrected chi connectivity index (χ4v) is 4.61. The minimum absolute atomic E-state index is 0.0326. The summed E-state index contributed by atoms with van der Waals surface area (Å²) in [5, 5.41) is 7.91. The summed E-state index contributed by atoms with van der Waals surface area (Å²) in [5.74, 6) is -0.0326. The molecule has 1 aromatic carbocycles. The number of nitrogens with zero attached hydrogens (tertiary/aromatic N) is 2. The van der Waals surface area contributed by atoms with Crippen LogP contribution in [0.3, 0.4) is 0 Å². The number of carbonyl (C=O) groups excluding carboxylic acids is 1. The molecule has 1 aliphatic rings. The zero-order valence-electron chi connectivity index (χ0n) is 14.3. The molecule has 2 N–H and O–H groups in total. The molecular formula is C20H19N3OS2. The van der Waals surface area contributed by atoms with Gasteiger partial charge in [0, 0.05) is 40.2 Å². The topological polar surface area (TPSA) is 58.7 Å². The molecule has 2 unspecified atom stereocenters. The van der Waals surface area contributed by atoms with Crippen LogP contribution in [0.5, 0.6) is 0 Å². The van der Waals surface area contributed by atoms with E-state index in [1.807, 2.05) is 36.0 Å². The second-order valence-corrected chi connectivity index (χ2v) is 7.86. The summed E-state index contributed by atoms with van der Waals surface area (Å²) in [6, 6.07) is 11.3. The average Bonchev–Trinajstić information content (AvgIpc) is 3.36. The van der Waals surface area contributed by atoms with E-state index in [1.165, 1.54) is 11.3 Å². The Hall–Kier alpha value is -2.28. The largest absolute Gasteiger partial charge is 0.367 e. The molecule has 1 aliphatic heterocycles. The van der Waals surface area contributed by atoms with Gasteiger partial charge in [0.2, 0.25) is 0 Å². The van der Waals surface area contributed by atoms with E-state index in [1.54, 1.807) is 11.3 Å². The summed E-state index contributed by atoms with van der Waals surface area (Å²) < 4.78 is 0. The van der Waals surface area contributed by atoms with Gasteiger partial charge in [0.25, 0.3) is 0 Å². The summed E-state index contributed by atoms with van der Waals surface area (Å²) in [6.07, 6.45) is 0. The van der Waals surface area contributed by atoms with E-state index >= 15 is 0 Å². The first kappa shape index (κ1) is 17.1. The second kappa shape index (κ2) is 7.15. The fraction of sp³-hybridized carbons (Fsp3) is 0.200. The zero-order valence-corrected chi connectivity index (χ0v) is 16.0. The van der Waals surface area contributed by atoms with Crippen molar-refractivity contribution in [1.82, 2.24) is 0 Å². The number of anilines is 1. The molecule has 0 saturated heterocycles. The van der Waals surface area contributed by atoms with Crippen LogP contribution >= 0.6 is 22.7 Å². The third kappa shape index (κ3) is 3.00. The van der Waals surface area contributed by atoms with Gasteiger partial charge >= 0.3 is 0 Å². The van der Waals surface area contributed by atoms with Gasteiger partial charge in [0.05, 0.1) is 24.3 Å². The standard InChI is InChI=1S/C20H19N3OS2/c1-23-16-5-3-2-4-15(16)19(13-6-8-25-11-13)22-10-17(23)18(21)20(24)14-7-9-26-12-14/h2-9,11-12,17-18H,10,21H2,1H3. The number of ketones is 1. The molecule has 2 atom stereocenters. The highest BCUT2D eigenvalue weighted by atomic mass is 32.1. The Bertz CT molecular complexity index is 932. The predicted molar refractivity (Wildman–Crippen MR) is 110 cm³/mol. The SMILES string of the molecule is CN1c2ccccc2C(c2ccsc2)=NCC1C(N)C(=O)c1ccsc1. The van der Waals surface area contributed by atoms with Crippen LogP contribution in [-0.2, 0) is 0 Å². The number of hydrogen-bond acceptors (Lipinski definition) is 6. The lowest BCUT2D eigenvalue weighted by atomic mass is 9.98. The number of carbonyl (C=O) groups is 1. The molecular weight excluding hydrogens is 362 g/mol. The number of aliphatic imine (C=N–C) groups is 1. The molecule has 26 heavy (non-hydrogen) atoms. The van der Waals surface area contributed by atoms with Crippen LogP contribution in [0, 0.1) is 0 Å². The van der Waals surface area contributed by atoms with E-state index in [0.29, 0.717) is 12.1 Å². The number of benzodiazepines with no additional fused rings is 1. The number of rotatable bonds is 4. The van der Waals surface area contributed by atoms with Crippen molar-refractivity contribution in [2.24, 2.45) is 10.7 Å². The van der Waals surface area contributed by atoms with Crippen molar-refractivity contribution in [3.8, 4) is 0 Å². The summed E-state index contributed by atoms with van der Waals surface area (Å²) in [7, 11) is 2.00. The predicted octanol–water partition coefficient (Wildman–Crippen LogP) is 3.68. The minimum Gasteiger partial charge on any atom is -0.367 e. The monoisotopic (exact) mass is 381 g/mol. The van der Waals surface area contributed by atoms with Gasteiger partial charge in [0.15, 0.2) is 5.78 Å². The number of Topliss-reactive ketones (excluding diaryl/α,β-unsaturated/α-hetero) is 1. The van der Waals surface area contributed by atoms with E-state index in [2.05, 4.69) is 33.9 Å². The van der Waals surface area contributed by atoms with Gasteiger partial charge in [-0.3, -0.25) is 9.79 Å². The quantitative estimate of drug-likeness (QED) is 0.702. The summed E-state index contributed by atoms with van der Waals surface area (Å²) in [6.45, 7) is 0.480. The van der Waals surface area contributed by atoms with E-state index in [9.17, 15) is 4.79 Å². The van der Waals surface area contributed by atoms with E-state index in [-0.39, 0.29) is 11.8 Å². The number of hydrogen-bond donors (Lipinski definition) is 1. The first-order valence-corrected chi connectivity index (χ1v) is 10.3. The molecule has 132 valence electrons. The van der Waals surface area contributed by atoms with Crippen molar-refractivity contribution >= 4 is 39.9 Å². The minimum atomic E-state index is -0.631. The molecule has 0 spiro atoms. The van der Waals surface area contributed by atoms with Crippen LogP contribution in [0.1, 0.15) is 21.5 Å². The van der Waals surface area contributed by atoms with Crippen LogP contribution in [-0.4, -0.2) is 37.2 Å². The molecule has 4 nitrogen and oxygen atoms in total. The number of nitrogens with two attached hydrogens (primary N) is 1. The molecule has 6 heteroatoms. The lowest BCUT2D eigenvalue weighted by Gasteiger charge is -2.32. The van der Waals surface area contributed by atoms with E-state index in [0.717, 1.165) is 22.5 Å². The number of fused-ring (bicyclic) bond motifs is 1. The fourth-order valence-electron chi connectivity index (χ4n) is 3.32. The Morgan fingerprint density at radius 3 is 2.69 bits per heavy atom. The third-order valence-electron chi connectivity index (χ3n) is 4.79. The van der Waals surface area contributed by atoms with Gasteiger partial charge in [-0.05, 0) is 29.0 Å². The Morgan fingerprint density at radius 2 is 1.96 bits per heavy atom. The third-order valence-corrected chi connectivity index (χ3v) is 6.16. The molecule has 3 aromatic rings. The highest BCUT2D eigenvalue weighted by Gasteiger charge is 2.32. The Labute approximate surface area is 160 Å². The van der Waals surface area contributed by atoms with Crippen molar-refractivity contribution in [2.45, 2.75) is 12.1 Å². The maximum atomic E-state index is 12.8. The van der Waals surface area contributed by atoms with Crippen LogP contribution < -0.4 is 10.6 Å². The molecule has 0 fully saturated rings. The van der Waals surface area contributed by atoms with Crippen molar-refractivity contribution in [3.05, 3.63) is 74.6 Å². The number of thiophene rings is 2. The van der Waals surface area contributed by atoms with Crippen LogP contribution in [0.2, 0.25) is 0 Å². The van der Waals surface area contributed by atoms with Crippen molar-refractivity contribution in [1.29, 1.82) is 0 Å². The summed E-state index contributed by atoms with van der Waals surface area (Å²) >= 11 is 3.16. The Kier molecular flexibility index (Phi) is 4.72. The number of benzene rings is 1. The Morgan fingerprint density at radius 1 is 1.19 bits per heavy atom. The zero-order chi connectivity index (χ0) is 18.1. The number of para-hydroxylation sites is 1. The molecule has 2 aromatic heterocycles. The van der Waals surface area contributed by atoms with Crippen molar-refractivity contribution in [2.75, 3.05) is 18.5 Å². The smallest absolute Gasteiger partial charge is 0.182 e. The lowest BCUT2D eigenvalue weighted by Crippen LogP contribution is -2.52. The van der Waals surface area contributed by atoms with Gasteiger partial charge in [-0.15, -0.1) is 0 Å². The highest BCUT2D eigenvalue weighted by Crippen LogP contribution is 2.29. The van der Waals surface area contributed by atoms with Crippen LogP contribution in [0.15, 0.2) is 62.9 Å². The lowest BCUT2D eigenvalue weighted by molar-refractivity contribution is 0.0950. The van der Waals surface area contributed by atoms with Crippen LogP contribution in [0.25, 0.3) is 0 Å². The van der Waals surface area contributed by atoms with Gasteiger partial charge in [-0.25, -0.2) is 0 Å². The molecule has 3 heterocycles. The van der Waals surface area contributed by atoms with Gasteiger partial charge < -0.3 is 10.6 Å². The van der Waals surface area contributed by atoms with Gasteiger partial charge in [0.1, 0.15) is 0 Å². The first-order valence-electron chi connectivity index (χ1n) is 8.38. The van der Waals surface area contributed by atoms with E-state index in [4.69, 9.17) is 10.7 Å². The average molecular weight is 382 g/mol. The molecule has 0 bridgehead atoms. The molecule has 0 amide bonds. The second-order valence-electron chi connectivity index (χ2n) is 6.30. The van der Waals surface area contributed by atoms with Gasteiger partial charge in [-0.2, -0.15) is 22.7 Å². The Balaban J connectivity index is 1.74. The highest BCUT2D eigenvalue weighted by molar-refractivity contribution is 7.08. The molecule has 0 aliphatic carbocycles. The first-order chi connectivity index (χ1) is 12.7. The van der Waals surface area contributed by atoms with Crippen molar-refractivity contribution < 1.29 is 4.79 Å². The van der Waals surface area contributed by atoms with E-state index < -0.39 is 6.04 Å². The summed E-state index contributed by atoms with van der Waals surface area (Å²) in [4.78, 5) is 19.8. The molecule has 4 rings (SSSR count). The molecule has 0 saturated carbocycles. The molecule has 0 radical (unpaired) electrons. The number of likely N-dealkylation sites (N-methyl/N-ethyl adjacent to an activating group) is 1. The maximum absolute atomic E-state index is 12.8. The van der Waals surface area contributed by atoms with Crippen LogP contribution in [0.4, 0.5) is 5.69 Å². The maximum Gasteiger partial charge on any atom is 0.182 e. The van der Waals surface area contributed by atoms with Crippen molar-refractivity contribution in [3.63, 3.8) is 0 Å². The normalized spacial score (nSPS) is 18.0.